The smallest absolute Gasteiger partial charge is 0.224 e. The Labute approximate surface area is 254 Å². The van der Waals surface area contributed by atoms with E-state index in [1.54, 1.807) is 21.3 Å². The first kappa shape index (κ1) is 31.1. The summed E-state index contributed by atoms with van der Waals surface area (Å²) in [6.07, 6.45) is 0.856. The molecule has 220 valence electrons. The maximum Gasteiger partial charge on any atom is 0.224 e. The number of hydrogen-bond donors (Lipinski definition) is 1. The number of hydrogen-bond acceptors (Lipinski definition) is 5. The Morgan fingerprint density at radius 3 is 2.32 bits per heavy atom. The molecule has 0 radical (unpaired) electrons. The normalized spacial score (nSPS) is 18.5. The van der Waals surface area contributed by atoms with Crippen molar-refractivity contribution in [2.75, 3.05) is 27.9 Å². The van der Waals surface area contributed by atoms with Gasteiger partial charge in [0, 0.05) is 22.7 Å². The van der Waals surface area contributed by atoms with Crippen molar-refractivity contribution in [3.8, 4) is 17.2 Å². The molecular weight excluding hydrogens is 598 g/mol. The van der Waals surface area contributed by atoms with Gasteiger partial charge in [-0.25, -0.2) is 0 Å². The Bertz CT molecular complexity index is 1400. The van der Waals surface area contributed by atoms with E-state index in [0.717, 1.165) is 38.2 Å². The Balaban J connectivity index is 1.84. The van der Waals surface area contributed by atoms with E-state index in [0.29, 0.717) is 18.8 Å². The molecule has 0 saturated heterocycles. The van der Waals surface area contributed by atoms with Crippen LogP contribution in [0.1, 0.15) is 43.0 Å². The van der Waals surface area contributed by atoms with Gasteiger partial charge in [-0.2, -0.15) is 0 Å². The fraction of sp³-hybridized carbons (Fsp3) is 0.424. The van der Waals surface area contributed by atoms with Crippen LogP contribution in [0.2, 0.25) is 18.1 Å². The first-order chi connectivity index (χ1) is 19.4. The van der Waals surface area contributed by atoms with Gasteiger partial charge in [-0.1, -0.05) is 61.0 Å². The number of carbonyl (C=O) groups is 1. The second kappa shape index (κ2) is 12.2. The van der Waals surface area contributed by atoms with Crippen LogP contribution in [-0.2, 0) is 27.5 Å². The highest BCUT2D eigenvalue weighted by molar-refractivity contribution is 9.10. The number of carbonyl (C=O) groups excluding carboxylic acids is 1. The van der Waals surface area contributed by atoms with Gasteiger partial charge in [-0.3, -0.25) is 4.79 Å². The number of halogens is 1. The van der Waals surface area contributed by atoms with Gasteiger partial charge in [0.25, 0.3) is 0 Å². The molecule has 6 nitrogen and oxygen atoms in total. The van der Waals surface area contributed by atoms with E-state index in [4.69, 9.17) is 18.6 Å². The van der Waals surface area contributed by atoms with Gasteiger partial charge in [0.15, 0.2) is 8.32 Å². The summed E-state index contributed by atoms with van der Waals surface area (Å²) in [6.45, 7) is 11.7. The molecule has 0 fully saturated rings. The third kappa shape index (κ3) is 6.20. The number of nitrogens with one attached hydrogen (secondary N) is 1. The van der Waals surface area contributed by atoms with Crippen LogP contribution in [-0.4, -0.2) is 48.2 Å². The fourth-order valence-corrected chi connectivity index (χ4v) is 6.82. The second-order valence-corrected chi connectivity index (χ2v) is 17.9. The zero-order valence-corrected chi connectivity index (χ0v) is 28.0. The molecule has 0 unspecified atom stereocenters. The minimum Gasteiger partial charge on any atom is -0.497 e. The van der Waals surface area contributed by atoms with Crippen molar-refractivity contribution in [1.82, 2.24) is 5.32 Å². The first-order valence-electron chi connectivity index (χ1n) is 13.9. The molecule has 3 aromatic rings. The molecule has 3 aromatic carbocycles. The Morgan fingerprint density at radius 1 is 0.976 bits per heavy atom. The minimum atomic E-state index is -2.18. The van der Waals surface area contributed by atoms with Crippen LogP contribution in [0.4, 0.5) is 0 Å². The lowest BCUT2D eigenvalue weighted by Gasteiger charge is -2.43. The molecule has 1 amide bonds. The highest BCUT2D eigenvalue weighted by atomic mass is 79.9. The molecule has 1 aliphatic carbocycles. The molecule has 41 heavy (non-hydrogen) atoms. The van der Waals surface area contributed by atoms with Crippen molar-refractivity contribution in [3.05, 3.63) is 87.4 Å². The summed E-state index contributed by atoms with van der Waals surface area (Å²) in [4.78, 5) is 13.8. The largest absolute Gasteiger partial charge is 0.497 e. The van der Waals surface area contributed by atoms with Crippen molar-refractivity contribution in [2.45, 2.75) is 63.2 Å². The van der Waals surface area contributed by atoms with E-state index in [9.17, 15) is 4.79 Å². The van der Waals surface area contributed by atoms with Crippen molar-refractivity contribution in [1.29, 1.82) is 0 Å². The Kier molecular flexibility index (Phi) is 9.26. The van der Waals surface area contributed by atoms with Crippen LogP contribution >= 0.6 is 15.9 Å². The lowest BCUT2D eigenvalue weighted by atomic mass is 9.72. The van der Waals surface area contributed by atoms with E-state index in [-0.39, 0.29) is 23.4 Å². The van der Waals surface area contributed by atoms with E-state index >= 15 is 0 Å². The van der Waals surface area contributed by atoms with E-state index in [1.165, 1.54) is 0 Å². The molecule has 0 bridgehead atoms. The van der Waals surface area contributed by atoms with Gasteiger partial charge in [-0.05, 0) is 77.6 Å². The maximum atomic E-state index is 13.8. The lowest BCUT2D eigenvalue weighted by Crippen LogP contribution is -2.54. The Morgan fingerprint density at radius 2 is 1.66 bits per heavy atom. The maximum absolute atomic E-state index is 13.8. The quantitative estimate of drug-likeness (QED) is 0.240. The number of fused-ring (bicyclic) bond motifs is 1. The number of ether oxygens (including phenoxy) is 3. The predicted octanol–water partition coefficient (Wildman–Crippen LogP) is 7.07. The summed E-state index contributed by atoms with van der Waals surface area (Å²) in [5.41, 5.74) is 3.38. The summed E-state index contributed by atoms with van der Waals surface area (Å²) < 4.78 is 24.9. The molecule has 1 aliphatic rings. The molecule has 8 heteroatoms. The van der Waals surface area contributed by atoms with Crippen LogP contribution in [0, 0.1) is 0 Å². The topological polar surface area (TPSA) is 66.0 Å². The molecule has 0 aromatic heterocycles. The molecule has 0 spiro atoms. The molecule has 4 rings (SSSR count). The first-order valence-corrected chi connectivity index (χ1v) is 17.6. The third-order valence-corrected chi connectivity index (χ3v) is 14.0. The Hall–Kier alpha value is -2.81. The SMILES string of the molecule is COc1cccc([C@@]2(CO[Si](C)(C)C(C)(C)C)c3c(cccc3OC)C[C@@H]2NC(=O)Cc2cc(OC)ccc2Br)c1. The van der Waals surface area contributed by atoms with Crippen LogP contribution in [0.3, 0.4) is 0 Å². The zero-order valence-electron chi connectivity index (χ0n) is 25.4. The van der Waals surface area contributed by atoms with Crippen molar-refractivity contribution in [2.24, 2.45) is 0 Å². The van der Waals surface area contributed by atoms with E-state index < -0.39 is 13.7 Å². The molecule has 0 heterocycles. The highest BCUT2D eigenvalue weighted by Gasteiger charge is 2.52. The number of methoxy groups -OCH3 is 3. The van der Waals surface area contributed by atoms with Gasteiger partial charge in [0.2, 0.25) is 5.91 Å². The van der Waals surface area contributed by atoms with Crippen molar-refractivity contribution in [3.63, 3.8) is 0 Å². The lowest BCUT2D eigenvalue weighted by molar-refractivity contribution is -0.121. The monoisotopic (exact) mass is 639 g/mol. The van der Waals surface area contributed by atoms with Crippen molar-refractivity contribution >= 4 is 30.2 Å². The van der Waals surface area contributed by atoms with Crippen LogP contribution < -0.4 is 19.5 Å². The van der Waals surface area contributed by atoms with Gasteiger partial charge in [0.05, 0.1) is 33.2 Å². The van der Waals surface area contributed by atoms with Gasteiger partial charge < -0.3 is 24.0 Å². The van der Waals surface area contributed by atoms with Gasteiger partial charge >= 0.3 is 0 Å². The van der Waals surface area contributed by atoms with E-state index in [1.807, 2.05) is 42.5 Å². The standard InChI is InChI=1S/C33H42BrNO5Si/c1-32(2,3)41(7,8)40-21-33(24-12-10-13-25(20-24)37-4)29(18-22-11-9-14-28(39-6)31(22)33)35-30(36)19-23-17-26(38-5)15-16-27(23)34/h9-17,20,29H,18-19,21H2,1-8H3,(H,35,36)/t29-,33+/m0/s1. The van der Waals surface area contributed by atoms with Crippen LogP contribution in [0.5, 0.6) is 17.2 Å². The number of benzene rings is 3. The van der Waals surface area contributed by atoms with Gasteiger partial charge in [0.1, 0.15) is 17.2 Å². The number of amides is 1. The molecule has 0 aliphatic heterocycles. The highest BCUT2D eigenvalue weighted by Crippen LogP contribution is 2.50. The van der Waals surface area contributed by atoms with Crippen molar-refractivity contribution < 1.29 is 23.4 Å². The summed E-state index contributed by atoms with van der Waals surface area (Å²) in [6, 6.07) is 19.7. The number of rotatable bonds is 10. The average molecular weight is 641 g/mol. The molecular formula is C33H42BrNO5Si. The summed E-state index contributed by atoms with van der Waals surface area (Å²) in [5, 5.41) is 3.45. The predicted molar refractivity (Wildman–Crippen MR) is 170 cm³/mol. The van der Waals surface area contributed by atoms with E-state index in [2.05, 4.69) is 73.3 Å². The second-order valence-electron chi connectivity index (χ2n) is 12.2. The average Bonchev–Trinajstić information content (AvgIpc) is 3.26. The fourth-order valence-electron chi connectivity index (χ4n) is 5.41. The van der Waals surface area contributed by atoms with Crippen LogP contribution in [0.25, 0.3) is 0 Å². The summed E-state index contributed by atoms with van der Waals surface area (Å²) in [7, 11) is 2.82. The minimum absolute atomic E-state index is 0.0160. The summed E-state index contributed by atoms with van der Waals surface area (Å²) >= 11 is 3.60. The van der Waals surface area contributed by atoms with Gasteiger partial charge in [-0.15, -0.1) is 0 Å². The zero-order chi connectivity index (χ0) is 30.0. The molecule has 0 saturated carbocycles. The third-order valence-electron chi connectivity index (χ3n) is 8.79. The summed E-state index contributed by atoms with van der Waals surface area (Å²) in [5.74, 6) is 2.18. The van der Waals surface area contributed by atoms with Crippen LogP contribution in [0.15, 0.2) is 65.1 Å². The molecule has 2 atom stereocenters. The molecule has 1 N–H and O–H groups in total.